The van der Waals surface area contributed by atoms with Gasteiger partial charge in [-0.1, -0.05) is 146 Å². The van der Waals surface area contributed by atoms with Crippen molar-refractivity contribution >= 4 is 10.8 Å². The summed E-state index contributed by atoms with van der Waals surface area (Å²) in [5.41, 5.74) is 22.9. The predicted molar refractivity (Wildman–Crippen MR) is 254 cm³/mol. The van der Waals surface area contributed by atoms with E-state index >= 15 is 0 Å². The van der Waals surface area contributed by atoms with Gasteiger partial charge in [0, 0.05) is 46.5 Å². The molecular weight excluding hydrogens is 749 g/mol. The van der Waals surface area contributed by atoms with E-state index in [1.54, 1.807) is 0 Å². The number of hydrogen-bond donors (Lipinski definition) is 0. The molecule has 2 aromatic heterocycles. The molecule has 0 N–H and O–H groups in total. The molecule has 0 saturated carbocycles. The van der Waals surface area contributed by atoms with Gasteiger partial charge < -0.3 is 0 Å². The topological polar surface area (TPSA) is 7.76 Å². The number of rotatable bonds is 6. The van der Waals surface area contributed by atoms with E-state index in [1.807, 2.05) is 0 Å². The summed E-state index contributed by atoms with van der Waals surface area (Å²) < 4.78 is 5.18. The number of aromatic nitrogens is 2. The van der Waals surface area contributed by atoms with Crippen LogP contribution in [0.5, 0.6) is 0 Å². The molecule has 62 heavy (non-hydrogen) atoms. The van der Waals surface area contributed by atoms with Crippen LogP contribution in [0.1, 0.15) is 22.3 Å². The number of nitrogens with zero attached hydrogens (tertiary/aromatic N) is 2. The molecule has 0 saturated heterocycles. The predicted octanol–water partition coefficient (Wildman–Crippen LogP) is 13.6. The molecule has 0 unspecified atom stereocenters. The van der Waals surface area contributed by atoms with Crippen molar-refractivity contribution in [3.63, 3.8) is 0 Å². The van der Waals surface area contributed by atoms with Gasteiger partial charge in [-0.2, -0.15) is 9.13 Å². The Hall–Kier alpha value is -7.68. The monoisotopic (exact) mass is 792 g/mol. The molecule has 0 bridgehead atoms. The van der Waals surface area contributed by atoms with Crippen molar-refractivity contribution in [1.82, 2.24) is 0 Å². The third-order valence-corrected chi connectivity index (χ3v) is 13.2. The SMILES string of the molecule is c1ccc(-c2cc(-c3ccccc3)[n+](-c3cccc4c(-[n+]5c(-c6ccccc6)cc(-c6ccccc6)c6c5-c5ccccc5CC6)cccc34)c3c2CCc2ccccc2-3)cc1. The van der Waals surface area contributed by atoms with Crippen LogP contribution in [0.15, 0.2) is 218 Å². The number of fused-ring (bicyclic) bond motifs is 7. The Kier molecular flexibility index (Phi) is 8.81. The highest BCUT2D eigenvalue weighted by molar-refractivity contribution is 5.95. The fraction of sp³-hybridized carbons (Fsp3) is 0.0667. The Morgan fingerprint density at radius 2 is 0.629 bits per heavy atom. The van der Waals surface area contributed by atoms with Crippen LogP contribution >= 0.6 is 0 Å². The van der Waals surface area contributed by atoms with E-state index in [0.29, 0.717) is 0 Å². The summed E-state index contributed by atoms with van der Waals surface area (Å²) in [5.74, 6) is 0. The number of hydrogen-bond acceptors (Lipinski definition) is 0. The molecule has 0 radical (unpaired) electrons. The molecule has 0 atom stereocenters. The van der Waals surface area contributed by atoms with Crippen molar-refractivity contribution in [2.75, 3.05) is 0 Å². The first kappa shape index (κ1) is 36.2. The number of pyridine rings is 2. The van der Waals surface area contributed by atoms with Crippen LogP contribution < -0.4 is 9.13 Å². The average Bonchev–Trinajstić information content (AvgIpc) is 3.36. The van der Waals surface area contributed by atoms with Crippen molar-refractivity contribution in [1.29, 1.82) is 0 Å². The first-order valence-electron chi connectivity index (χ1n) is 21.9. The molecule has 2 aliphatic rings. The van der Waals surface area contributed by atoms with Gasteiger partial charge in [-0.15, -0.1) is 0 Å². The van der Waals surface area contributed by atoms with E-state index in [0.717, 1.165) is 25.7 Å². The molecule has 0 spiro atoms. The maximum atomic E-state index is 2.59. The van der Waals surface area contributed by atoms with E-state index < -0.39 is 0 Å². The van der Waals surface area contributed by atoms with Crippen molar-refractivity contribution < 1.29 is 9.13 Å². The van der Waals surface area contributed by atoms with Gasteiger partial charge in [-0.25, -0.2) is 0 Å². The molecule has 2 nitrogen and oxygen atoms in total. The van der Waals surface area contributed by atoms with Crippen molar-refractivity contribution in [2.45, 2.75) is 25.7 Å². The van der Waals surface area contributed by atoms with Crippen molar-refractivity contribution in [3.05, 3.63) is 241 Å². The van der Waals surface area contributed by atoms with E-state index in [9.17, 15) is 0 Å². The van der Waals surface area contributed by atoms with Crippen molar-refractivity contribution in [2.24, 2.45) is 0 Å². The van der Waals surface area contributed by atoms with Crippen LogP contribution in [-0.2, 0) is 25.7 Å². The van der Waals surface area contributed by atoms with Crippen LogP contribution in [0, 0.1) is 0 Å². The highest BCUT2D eigenvalue weighted by atomic mass is 15.0. The summed E-state index contributed by atoms with van der Waals surface area (Å²) in [6.07, 6.45) is 3.96. The largest absolute Gasteiger partial charge is 0.223 e. The molecule has 12 rings (SSSR count). The minimum atomic E-state index is 0.970. The van der Waals surface area contributed by atoms with Crippen LogP contribution in [0.2, 0.25) is 0 Å². The molecule has 8 aromatic carbocycles. The van der Waals surface area contributed by atoms with Crippen LogP contribution in [0.4, 0.5) is 0 Å². The van der Waals surface area contributed by atoms with Crippen LogP contribution in [0.25, 0.3) is 89.4 Å². The lowest BCUT2D eigenvalue weighted by Gasteiger charge is -2.24. The van der Waals surface area contributed by atoms with Gasteiger partial charge in [0.25, 0.3) is 0 Å². The third-order valence-electron chi connectivity index (χ3n) is 13.2. The molecule has 2 heterocycles. The van der Waals surface area contributed by atoms with Gasteiger partial charge in [0.05, 0.1) is 21.9 Å². The van der Waals surface area contributed by atoms with Gasteiger partial charge in [-0.3, -0.25) is 0 Å². The molecule has 2 heteroatoms. The number of benzene rings is 8. The Morgan fingerprint density at radius 1 is 0.274 bits per heavy atom. The maximum Gasteiger partial charge on any atom is 0.223 e. The first-order valence-corrected chi connectivity index (χ1v) is 21.9. The quantitative estimate of drug-likeness (QED) is 0.148. The normalized spacial score (nSPS) is 12.6. The van der Waals surface area contributed by atoms with Gasteiger partial charge in [0.2, 0.25) is 34.2 Å². The van der Waals surface area contributed by atoms with E-state index in [-0.39, 0.29) is 0 Å². The molecule has 0 fully saturated rings. The summed E-state index contributed by atoms with van der Waals surface area (Å²) in [7, 11) is 0. The fourth-order valence-corrected chi connectivity index (χ4v) is 10.4. The molecule has 292 valence electrons. The van der Waals surface area contributed by atoms with E-state index in [1.165, 1.54) is 112 Å². The fourth-order valence-electron chi connectivity index (χ4n) is 10.4. The Balaban J connectivity index is 1.20. The van der Waals surface area contributed by atoms with Crippen LogP contribution in [-0.4, -0.2) is 0 Å². The highest BCUT2D eigenvalue weighted by Crippen LogP contribution is 2.43. The minimum absolute atomic E-state index is 0.970. The third kappa shape index (κ3) is 5.94. The summed E-state index contributed by atoms with van der Waals surface area (Å²) in [6.45, 7) is 0. The lowest BCUT2D eigenvalue weighted by molar-refractivity contribution is -0.572. The molecule has 2 aliphatic carbocycles. The molecule has 0 aliphatic heterocycles. The zero-order valence-electron chi connectivity index (χ0n) is 34.5. The standard InChI is InChI=1S/C60H44N2/c1-5-19-41(20-6-1)53-39-57(45-25-9-3-10-26-45)61(59-47-29-15-13-23-43(47)35-37-51(53)59)55-33-17-32-50-49(55)31-18-34-56(50)62-58(46-27-11-4-12-28-46)40-54(42-21-7-2-8-22-42)52-38-36-44-24-14-16-30-48(44)60(52)62/h1-34,39-40H,35-38H2/q+2. The second-order valence-corrected chi connectivity index (χ2v) is 16.6. The zero-order valence-corrected chi connectivity index (χ0v) is 34.5. The number of aryl methyl sites for hydroxylation is 2. The second-order valence-electron chi connectivity index (χ2n) is 16.6. The van der Waals surface area contributed by atoms with Gasteiger partial charge in [0.15, 0.2) is 0 Å². The van der Waals surface area contributed by atoms with Gasteiger partial charge >= 0.3 is 0 Å². The Morgan fingerprint density at radius 3 is 1.03 bits per heavy atom. The second kappa shape index (κ2) is 15.1. The van der Waals surface area contributed by atoms with Crippen molar-refractivity contribution in [3.8, 4) is 78.7 Å². The molecular formula is C60H44N2+2. The van der Waals surface area contributed by atoms with E-state index in [4.69, 9.17) is 0 Å². The Bertz CT molecular complexity index is 3090. The lowest BCUT2D eigenvalue weighted by atomic mass is 9.83. The summed E-state index contributed by atoms with van der Waals surface area (Å²) >= 11 is 0. The first-order chi connectivity index (χ1) is 30.8. The van der Waals surface area contributed by atoms with E-state index in [2.05, 4.69) is 228 Å². The van der Waals surface area contributed by atoms with Crippen LogP contribution in [0.3, 0.4) is 0 Å². The average molecular weight is 793 g/mol. The summed E-state index contributed by atoms with van der Waals surface area (Å²) in [6, 6.07) is 80.8. The highest BCUT2D eigenvalue weighted by Gasteiger charge is 2.37. The zero-order chi connectivity index (χ0) is 41.0. The van der Waals surface area contributed by atoms with Gasteiger partial charge in [0.1, 0.15) is 0 Å². The summed E-state index contributed by atoms with van der Waals surface area (Å²) in [5, 5.41) is 2.42. The smallest absolute Gasteiger partial charge is 0.152 e. The summed E-state index contributed by atoms with van der Waals surface area (Å²) in [4.78, 5) is 0. The Labute approximate surface area is 363 Å². The van der Waals surface area contributed by atoms with Gasteiger partial charge in [-0.05, 0) is 108 Å². The molecule has 10 aromatic rings. The lowest BCUT2D eigenvalue weighted by Crippen LogP contribution is -2.40. The molecule has 0 amide bonds. The minimum Gasteiger partial charge on any atom is -0.152 e. The maximum absolute atomic E-state index is 2.59.